The van der Waals surface area contributed by atoms with Gasteiger partial charge in [0, 0.05) is 6.07 Å². The van der Waals surface area contributed by atoms with Gasteiger partial charge in [0.25, 0.3) is 0 Å². The Kier molecular flexibility index (Phi) is 3.15. The molecule has 0 fully saturated rings. The fraction of sp³-hybridized carbons (Fsp3) is 0.455. The number of hydrogen-bond acceptors (Lipinski definition) is 4. The van der Waals surface area contributed by atoms with Crippen LogP contribution in [0.2, 0.25) is 0 Å². The highest BCUT2D eigenvalue weighted by atomic mass is 32.2. The van der Waals surface area contributed by atoms with Gasteiger partial charge in [0.2, 0.25) is 10.0 Å². The van der Waals surface area contributed by atoms with Crippen molar-refractivity contribution in [2.24, 2.45) is 0 Å². The standard InChI is InChI=1S/C11H15NO4S/c1-8(2)17(13,14)12-9-3-4-10-11(7-9)16-6-5-15-10/h3-4,7-8,12H,5-6H2,1-2H3. The second-order valence-corrected chi connectivity index (χ2v) is 6.29. The molecule has 5 nitrogen and oxygen atoms in total. The minimum absolute atomic E-state index is 0.476. The average Bonchev–Trinajstić information content (AvgIpc) is 2.28. The summed E-state index contributed by atoms with van der Waals surface area (Å²) in [7, 11) is -3.32. The number of rotatable bonds is 3. The molecule has 0 saturated carbocycles. The third-order valence-corrected chi connectivity index (χ3v) is 4.18. The maximum atomic E-state index is 11.7. The van der Waals surface area contributed by atoms with Crippen molar-refractivity contribution in [3.05, 3.63) is 18.2 Å². The maximum Gasteiger partial charge on any atom is 0.235 e. The summed E-state index contributed by atoms with van der Waals surface area (Å²) in [5.41, 5.74) is 0.489. The molecule has 0 atom stereocenters. The first kappa shape index (κ1) is 12.0. The number of hydrogen-bond donors (Lipinski definition) is 1. The molecule has 1 aliphatic heterocycles. The summed E-state index contributed by atoms with van der Waals surface area (Å²) in [5, 5.41) is -0.476. The van der Waals surface area contributed by atoms with Crippen LogP contribution in [0.1, 0.15) is 13.8 Å². The maximum absolute atomic E-state index is 11.7. The summed E-state index contributed by atoms with van der Waals surface area (Å²) in [6, 6.07) is 4.99. The van der Waals surface area contributed by atoms with Crippen LogP contribution in [-0.2, 0) is 10.0 Å². The van der Waals surface area contributed by atoms with E-state index >= 15 is 0 Å². The highest BCUT2D eigenvalue weighted by molar-refractivity contribution is 7.93. The molecule has 1 aromatic rings. The van der Waals surface area contributed by atoms with Gasteiger partial charge in [0.15, 0.2) is 11.5 Å². The van der Waals surface area contributed by atoms with Crippen molar-refractivity contribution in [2.45, 2.75) is 19.1 Å². The van der Waals surface area contributed by atoms with Crippen LogP contribution in [0.4, 0.5) is 5.69 Å². The van der Waals surface area contributed by atoms with Crippen molar-refractivity contribution in [3.63, 3.8) is 0 Å². The van der Waals surface area contributed by atoms with Crippen LogP contribution in [0.25, 0.3) is 0 Å². The number of nitrogens with one attached hydrogen (secondary N) is 1. The Morgan fingerprint density at radius 3 is 2.47 bits per heavy atom. The van der Waals surface area contributed by atoms with Crippen LogP contribution in [0.5, 0.6) is 11.5 Å². The average molecular weight is 257 g/mol. The van der Waals surface area contributed by atoms with E-state index in [0.29, 0.717) is 30.4 Å². The van der Waals surface area contributed by atoms with Crippen LogP contribution in [-0.4, -0.2) is 26.9 Å². The van der Waals surface area contributed by atoms with Crippen molar-refractivity contribution in [1.29, 1.82) is 0 Å². The van der Waals surface area contributed by atoms with Crippen molar-refractivity contribution in [1.82, 2.24) is 0 Å². The van der Waals surface area contributed by atoms with Crippen LogP contribution >= 0.6 is 0 Å². The molecule has 1 heterocycles. The molecule has 0 amide bonds. The highest BCUT2D eigenvalue weighted by Crippen LogP contribution is 2.32. The van der Waals surface area contributed by atoms with E-state index in [2.05, 4.69) is 4.72 Å². The van der Waals surface area contributed by atoms with Gasteiger partial charge in [-0.1, -0.05) is 0 Å². The Balaban J connectivity index is 2.23. The summed E-state index contributed by atoms with van der Waals surface area (Å²) in [4.78, 5) is 0. The highest BCUT2D eigenvalue weighted by Gasteiger charge is 2.17. The Morgan fingerprint density at radius 2 is 1.82 bits per heavy atom. The lowest BCUT2D eigenvalue weighted by Gasteiger charge is -2.19. The normalized spacial score (nSPS) is 14.8. The smallest absolute Gasteiger partial charge is 0.235 e. The minimum Gasteiger partial charge on any atom is -0.486 e. The Morgan fingerprint density at radius 1 is 1.18 bits per heavy atom. The van der Waals surface area contributed by atoms with Crippen LogP contribution < -0.4 is 14.2 Å². The van der Waals surface area contributed by atoms with E-state index in [1.807, 2.05) is 0 Å². The number of fused-ring (bicyclic) bond motifs is 1. The number of benzene rings is 1. The van der Waals surface area contributed by atoms with E-state index in [1.165, 1.54) is 0 Å². The van der Waals surface area contributed by atoms with Crippen molar-refractivity contribution in [2.75, 3.05) is 17.9 Å². The Labute approximate surface area is 101 Å². The first-order valence-corrected chi connectivity index (χ1v) is 6.95. The van der Waals surface area contributed by atoms with Gasteiger partial charge in [-0.2, -0.15) is 0 Å². The molecule has 17 heavy (non-hydrogen) atoms. The van der Waals surface area contributed by atoms with Crippen LogP contribution in [0, 0.1) is 0 Å². The van der Waals surface area contributed by atoms with Crippen LogP contribution in [0.3, 0.4) is 0 Å². The molecule has 1 aliphatic rings. The van der Waals surface area contributed by atoms with E-state index in [4.69, 9.17) is 9.47 Å². The topological polar surface area (TPSA) is 64.6 Å². The lowest BCUT2D eigenvalue weighted by molar-refractivity contribution is 0.171. The lowest BCUT2D eigenvalue weighted by atomic mass is 10.3. The molecule has 0 saturated heterocycles. The first-order chi connectivity index (χ1) is 7.99. The number of sulfonamides is 1. The predicted molar refractivity (Wildman–Crippen MR) is 65.1 cm³/mol. The molecule has 0 spiro atoms. The predicted octanol–water partition coefficient (Wildman–Crippen LogP) is 1.61. The van der Waals surface area contributed by atoms with Crippen molar-refractivity contribution >= 4 is 15.7 Å². The monoisotopic (exact) mass is 257 g/mol. The molecule has 0 unspecified atom stereocenters. The van der Waals surface area contributed by atoms with Crippen LogP contribution in [0.15, 0.2) is 18.2 Å². The van der Waals surface area contributed by atoms with Gasteiger partial charge in [-0.15, -0.1) is 0 Å². The summed E-state index contributed by atoms with van der Waals surface area (Å²) in [6.45, 7) is 4.25. The molecule has 0 aromatic heterocycles. The molecular formula is C11H15NO4S. The molecule has 1 aromatic carbocycles. The zero-order valence-corrected chi connectivity index (χ0v) is 10.6. The Hall–Kier alpha value is -1.43. The first-order valence-electron chi connectivity index (χ1n) is 5.40. The summed E-state index contributed by atoms with van der Waals surface area (Å²) in [6.07, 6.45) is 0. The SMILES string of the molecule is CC(C)S(=O)(=O)Nc1ccc2c(c1)OCCO2. The number of ether oxygens (including phenoxy) is 2. The third kappa shape index (κ3) is 2.63. The third-order valence-electron chi connectivity index (χ3n) is 2.42. The molecule has 1 N–H and O–H groups in total. The molecule has 2 rings (SSSR count). The second kappa shape index (κ2) is 4.44. The zero-order valence-electron chi connectivity index (χ0n) is 9.76. The van der Waals surface area contributed by atoms with Gasteiger partial charge in [0.1, 0.15) is 13.2 Å². The van der Waals surface area contributed by atoms with Gasteiger partial charge in [-0.3, -0.25) is 4.72 Å². The van der Waals surface area contributed by atoms with Gasteiger partial charge in [-0.25, -0.2) is 8.42 Å². The molecule has 0 bridgehead atoms. The summed E-state index contributed by atoms with van der Waals surface area (Å²) in [5.74, 6) is 1.21. The quantitative estimate of drug-likeness (QED) is 0.893. The molecule has 0 aliphatic carbocycles. The van der Waals surface area contributed by atoms with E-state index in [1.54, 1.807) is 32.0 Å². The molecule has 94 valence electrons. The molecular weight excluding hydrogens is 242 g/mol. The van der Waals surface area contributed by atoms with Gasteiger partial charge < -0.3 is 9.47 Å². The Bertz CT molecular complexity index is 510. The zero-order chi connectivity index (χ0) is 12.5. The van der Waals surface area contributed by atoms with E-state index < -0.39 is 15.3 Å². The van der Waals surface area contributed by atoms with E-state index in [-0.39, 0.29) is 0 Å². The van der Waals surface area contributed by atoms with Crippen molar-refractivity contribution in [3.8, 4) is 11.5 Å². The number of anilines is 1. The van der Waals surface area contributed by atoms with Gasteiger partial charge in [0.05, 0.1) is 10.9 Å². The van der Waals surface area contributed by atoms with Gasteiger partial charge in [-0.05, 0) is 26.0 Å². The van der Waals surface area contributed by atoms with E-state index in [9.17, 15) is 8.42 Å². The molecule has 0 radical (unpaired) electrons. The fourth-order valence-electron chi connectivity index (χ4n) is 1.39. The largest absolute Gasteiger partial charge is 0.486 e. The van der Waals surface area contributed by atoms with Gasteiger partial charge >= 0.3 is 0 Å². The van der Waals surface area contributed by atoms with Crippen molar-refractivity contribution < 1.29 is 17.9 Å². The summed E-state index contributed by atoms with van der Waals surface area (Å²) < 4.78 is 36.6. The fourth-order valence-corrected chi connectivity index (χ4v) is 2.08. The lowest BCUT2D eigenvalue weighted by Crippen LogP contribution is -2.22. The summed E-state index contributed by atoms with van der Waals surface area (Å²) >= 11 is 0. The molecule has 6 heteroatoms. The second-order valence-electron chi connectivity index (χ2n) is 4.05. The minimum atomic E-state index is -3.32. The van der Waals surface area contributed by atoms with E-state index in [0.717, 1.165) is 0 Å².